The molecule has 146 valence electrons. The van der Waals surface area contributed by atoms with E-state index < -0.39 is 0 Å². The van der Waals surface area contributed by atoms with Crippen molar-refractivity contribution < 1.29 is 14.3 Å². The Balaban J connectivity index is 1.41. The molecule has 6 nitrogen and oxygen atoms in total. The molecule has 0 aliphatic carbocycles. The van der Waals surface area contributed by atoms with Crippen LogP contribution in [0, 0.1) is 5.92 Å². The number of benzene rings is 2. The summed E-state index contributed by atoms with van der Waals surface area (Å²) in [5.41, 5.74) is 3.24. The van der Waals surface area contributed by atoms with Gasteiger partial charge in [0.25, 0.3) is 0 Å². The smallest absolute Gasteiger partial charge is 0.228 e. The standard InChI is InChI=1S/C22H25N3O3/c1-28-19-8-6-16(7-9-19)13-25-15-18(12-21(25)26)22(27)24-11-10-23-20-5-3-2-4-17(20)14-24/h2-9,18,23H,10-15H2,1H3. The summed E-state index contributed by atoms with van der Waals surface area (Å²) >= 11 is 0. The second-order valence-electron chi connectivity index (χ2n) is 7.37. The largest absolute Gasteiger partial charge is 0.497 e. The van der Waals surface area contributed by atoms with Gasteiger partial charge in [-0.3, -0.25) is 9.59 Å². The molecule has 1 unspecified atom stereocenters. The topological polar surface area (TPSA) is 61.9 Å². The maximum atomic E-state index is 13.1. The molecule has 2 aliphatic rings. The van der Waals surface area contributed by atoms with Crippen LogP contribution < -0.4 is 10.1 Å². The molecule has 2 amide bonds. The van der Waals surface area contributed by atoms with Crippen LogP contribution >= 0.6 is 0 Å². The first kappa shape index (κ1) is 18.3. The molecule has 2 aliphatic heterocycles. The highest BCUT2D eigenvalue weighted by atomic mass is 16.5. The minimum absolute atomic E-state index is 0.0440. The van der Waals surface area contributed by atoms with Gasteiger partial charge in [0, 0.05) is 44.8 Å². The molecule has 0 saturated carbocycles. The fourth-order valence-electron chi connectivity index (χ4n) is 3.93. The van der Waals surface area contributed by atoms with Crippen molar-refractivity contribution in [2.24, 2.45) is 5.92 Å². The lowest BCUT2D eigenvalue weighted by atomic mass is 10.1. The zero-order valence-electron chi connectivity index (χ0n) is 16.1. The molecule has 4 rings (SSSR count). The number of nitrogens with one attached hydrogen (secondary N) is 1. The van der Waals surface area contributed by atoms with Crippen LogP contribution in [0.25, 0.3) is 0 Å². The molecule has 0 radical (unpaired) electrons. The van der Waals surface area contributed by atoms with Crippen LogP contribution in [0.1, 0.15) is 17.5 Å². The molecule has 1 saturated heterocycles. The maximum Gasteiger partial charge on any atom is 0.228 e. The van der Waals surface area contributed by atoms with E-state index in [1.807, 2.05) is 53.4 Å². The van der Waals surface area contributed by atoms with Gasteiger partial charge in [0.05, 0.1) is 13.0 Å². The van der Waals surface area contributed by atoms with Crippen LogP contribution in [-0.2, 0) is 22.7 Å². The van der Waals surface area contributed by atoms with Crippen molar-refractivity contribution in [1.29, 1.82) is 0 Å². The Labute approximate surface area is 165 Å². The number of carbonyl (C=O) groups excluding carboxylic acids is 2. The Kier molecular flexibility index (Phi) is 5.19. The molecule has 0 aromatic heterocycles. The quantitative estimate of drug-likeness (QED) is 0.887. The van der Waals surface area contributed by atoms with E-state index >= 15 is 0 Å². The van der Waals surface area contributed by atoms with Crippen molar-refractivity contribution >= 4 is 17.5 Å². The van der Waals surface area contributed by atoms with E-state index in [1.54, 1.807) is 12.0 Å². The van der Waals surface area contributed by atoms with E-state index in [4.69, 9.17) is 4.74 Å². The summed E-state index contributed by atoms with van der Waals surface area (Å²) in [4.78, 5) is 29.2. The van der Waals surface area contributed by atoms with Gasteiger partial charge in [0.1, 0.15) is 5.75 Å². The predicted octanol–water partition coefficient (Wildman–Crippen LogP) is 2.50. The SMILES string of the molecule is COc1ccc(CN2CC(C(=O)N3CCNc4ccccc4C3)CC2=O)cc1. The molecular formula is C22H25N3O3. The summed E-state index contributed by atoms with van der Waals surface area (Å²) in [5, 5.41) is 3.38. The molecule has 2 aromatic carbocycles. The average molecular weight is 379 g/mol. The number of nitrogens with zero attached hydrogens (tertiary/aromatic N) is 2. The Morgan fingerprint density at radius 3 is 2.75 bits per heavy atom. The van der Waals surface area contributed by atoms with Gasteiger partial charge in [-0.05, 0) is 29.3 Å². The van der Waals surface area contributed by atoms with Gasteiger partial charge in [0.2, 0.25) is 11.8 Å². The fraction of sp³-hybridized carbons (Fsp3) is 0.364. The molecular weight excluding hydrogens is 354 g/mol. The van der Waals surface area contributed by atoms with Crippen molar-refractivity contribution in [2.45, 2.75) is 19.5 Å². The Morgan fingerprint density at radius 2 is 1.96 bits per heavy atom. The average Bonchev–Trinajstić information content (AvgIpc) is 2.95. The highest BCUT2D eigenvalue weighted by molar-refractivity contribution is 5.89. The lowest BCUT2D eigenvalue weighted by Crippen LogP contribution is -2.38. The molecule has 0 bridgehead atoms. The van der Waals surface area contributed by atoms with Gasteiger partial charge in [-0.15, -0.1) is 0 Å². The Morgan fingerprint density at radius 1 is 1.18 bits per heavy atom. The highest BCUT2D eigenvalue weighted by Gasteiger charge is 2.36. The van der Waals surface area contributed by atoms with Crippen molar-refractivity contribution in [1.82, 2.24) is 9.80 Å². The third-order valence-electron chi connectivity index (χ3n) is 5.48. The number of fused-ring (bicyclic) bond motifs is 1. The van der Waals surface area contributed by atoms with E-state index in [9.17, 15) is 9.59 Å². The summed E-state index contributed by atoms with van der Waals surface area (Å²) in [6.45, 7) is 2.97. The van der Waals surface area contributed by atoms with Crippen LogP contribution in [0.3, 0.4) is 0 Å². The van der Waals surface area contributed by atoms with Gasteiger partial charge in [-0.25, -0.2) is 0 Å². The second kappa shape index (κ2) is 7.92. The molecule has 0 spiro atoms. The van der Waals surface area contributed by atoms with Crippen LogP contribution in [0.2, 0.25) is 0 Å². The van der Waals surface area contributed by atoms with Crippen molar-refractivity contribution in [3.05, 3.63) is 59.7 Å². The van der Waals surface area contributed by atoms with Gasteiger partial charge in [0.15, 0.2) is 0 Å². The molecule has 28 heavy (non-hydrogen) atoms. The van der Waals surface area contributed by atoms with Crippen molar-refractivity contribution in [3.63, 3.8) is 0 Å². The number of carbonyl (C=O) groups is 2. The van der Waals surface area contributed by atoms with Gasteiger partial charge < -0.3 is 19.9 Å². The van der Waals surface area contributed by atoms with Gasteiger partial charge in [-0.1, -0.05) is 30.3 Å². The fourth-order valence-corrected chi connectivity index (χ4v) is 3.93. The Bertz CT molecular complexity index is 866. The molecule has 2 aromatic rings. The molecule has 6 heteroatoms. The monoisotopic (exact) mass is 379 g/mol. The van der Waals surface area contributed by atoms with Gasteiger partial charge >= 0.3 is 0 Å². The van der Waals surface area contributed by atoms with Crippen LogP contribution in [-0.4, -0.2) is 48.4 Å². The minimum Gasteiger partial charge on any atom is -0.497 e. The summed E-state index contributed by atoms with van der Waals surface area (Å²) in [5.74, 6) is 0.641. The van der Waals surface area contributed by atoms with E-state index in [0.29, 0.717) is 32.6 Å². The maximum absolute atomic E-state index is 13.1. The van der Waals surface area contributed by atoms with E-state index in [1.165, 1.54) is 0 Å². The predicted molar refractivity (Wildman–Crippen MR) is 107 cm³/mol. The van der Waals surface area contributed by atoms with Crippen LogP contribution in [0.5, 0.6) is 5.75 Å². The van der Waals surface area contributed by atoms with Crippen molar-refractivity contribution in [2.75, 3.05) is 32.1 Å². The number of rotatable bonds is 4. The number of methoxy groups -OCH3 is 1. The van der Waals surface area contributed by atoms with E-state index in [0.717, 1.165) is 29.1 Å². The Hall–Kier alpha value is -3.02. The van der Waals surface area contributed by atoms with E-state index in [2.05, 4.69) is 5.32 Å². The number of ether oxygens (including phenoxy) is 1. The normalized spacial score (nSPS) is 19.0. The zero-order chi connectivity index (χ0) is 19.5. The first-order valence-corrected chi connectivity index (χ1v) is 9.65. The minimum atomic E-state index is -0.268. The van der Waals surface area contributed by atoms with Crippen LogP contribution in [0.15, 0.2) is 48.5 Å². The molecule has 2 heterocycles. The van der Waals surface area contributed by atoms with Gasteiger partial charge in [-0.2, -0.15) is 0 Å². The van der Waals surface area contributed by atoms with E-state index in [-0.39, 0.29) is 17.7 Å². The number of amides is 2. The summed E-state index contributed by atoms with van der Waals surface area (Å²) < 4.78 is 5.18. The lowest BCUT2D eigenvalue weighted by Gasteiger charge is -2.24. The summed E-state index contributed by atoms with van der Waals surface area (Å²) in [6.07, 6.45) is 0.292. The zero-order valence-corrected chi connectivity index (χ0v) is 16.1. The lowest BCUT2D eigenvalue weighted by molar-refractivity contribution is -0.136. The third-order valence-corrected chi connectivity index (χ3v) is 5.48. The number of para-hydroxylation sites is 1. The molecule has 1 atom stereocenters. The summed E-state index contributed by atoms with van der Waals surface area (Å²) in [7, 11) is 1.63. The van der Waals surface area contributed by atoms with Crippen LogP contribution in [0.4, 0.5) is 5.69 Å². The van der Waals surface area contributed by atoms with Crippen molar-refractivity contribution in [3.8, 4) is 5.75 Å². The summed E-state index contributed by atoms with van der Waals surface area (Å²) in [6, 6.07) is 15.8. The number of hydrogen-bond acceptors (Lipinski definition) is 4. The first-order chi connectivity index (χ1) is 13.6. The second-order valence-corrected chi connectivity index (χ2v) is 7.37. The third kappa shape index (κ3) is 3.81. The molecule has 1 N–H and O–H groups in total. The molecule has 1 fully saturated rings. The number of anilines is 1. The number of likely N-dealkylation sites (tertiary alicyclic amines) is 1. The first-order valence-electron chi connectivity index (χ1n) is 9.65. The number of hydrogen-bond donors (Lipinski definition) is 1. The highest BCUT2D eigenvalue weighted by Crippen LogP contribution is 2.26.